The van der Waals surface area contributed by atoms with Crippen molar-refractivity contribution in [3.8, 4) is 5.82 Å². The Kier molecular flexibility index (Phi) is 9.15. The SMILES string of the molecule is CCNC(=NCc1ccnc(-n2ccnc2)c1)NCCc1ccc(Cl)nc1.I. The Morgan fingerprint density at radius 3 is 2.75 bits per heavy atom. The summed E-state index contributed by atoms with van der Waals surface area (Å²) < 4.78 is 1.87. The number of aliphatic imine (C=N–C) groups is 1. The minimum Gasteiger partial charge on any atom is -0.357 e. The lowest BCUT2D eigenvalue weighted by Gasteiger charge is -2.11. The summed E-state index contributed by atoms with van der Waals surface area (Å²) in [5, 5.41) is 7.11. The maximum atomic E-state index is 5.82. The van der Waals surface area contributed by atoms with Crippen molar-refractivity contribution in [1.29, 1.82) is 0 Å². The maximum Gasteiger partial charge on any atom is 0.191 e. The van der Waals surface area contributed by atoms with Crippen LogP contribution >= 0.6 is 35.6 Å². The minimum absolute atomic E-state index is 0. The Morgan fingerprint density at radius 1 is 1.14 bits per heavy atom. The number of imidazole rings is 1. The molecule has 0 aliphatic carbocycles. The summed E-state index contributed by atoms with van der Waals surface area (Å²) in [4.78, 5) is 17.2. The van der Waals surface area contributed by atoms with Gasteiger partial charge in [0.2, 0.25) is 0 Å². The van der Waals surface area contributed by atoms with Gasteiger partial charge in [-0.3, -0.25) is 4.57 Å². The van der Waals surface area contributed by atoms with Crippen LogP contribution in [0.3, 0.4) is 0 Å². The fourth-order valence-electron chi connectivity index (χ4n) is 2.49. The second-order valence-electron chi connectivity index (χ2n) is 5.85. The molecule has 0 amide bonds. The average molecular weight is 512 g/mol. The van der Waals surface area contributed by atoms with Gasteiger partial charge in [0.25, 0.3) is 0 Å². The molecule has 9 heteroatoms. The lowest BCUT2D eigenvalue weighted by Crippen LogP contribution is -2.38. The van der Waals surface area contributed by atoms with Crippen molar-refractivity contribution in [3.63, 3.8) is 0 Å². The van der Waals surface area contributed by atoms with E-state index in [0.29, 0.717) is 11.7 Å². The third-order valence-electron chi connectivity index (χ3n) is 3.84. The Bertz CT molecular complexity index is 866. The lowest BCUT2D eigenvalue weighted by molar-refractivity contribution is 0.797. The standard InChI is InChI=1S/C19H22ClN7.HI/c1-2-22-19(24-8-5-15-3-4-17(20)25-12-15)26-13-16-6-7-23-18(11-16)27-10-9-21-14-27;/h3-4,6-7,9-12,14H,2,5,8,13H2,1H3,(H2,22,24,26);1H. The molecule has 0 radical (unpaired) electrons. The first-order valence-electron chi connectivity index (χ1n) is 8.80. The van der Waals surface area contributed by atoms with Gasteiger partial charge >= 0.3 is 0 Å². The fraction of sp³-hybridized carbons (Fsp3) is 0.263. The highest BCUT2D eigenvalue weighted by molar-refractivity contribution is 14.0. The van der Waals surface area contributed by atoms with Crippen LogP contribution in [0, 0.1) is 0 Å². The molecule has 0 aliphatic rings. The van der Waals surface area contributed by atoms with Gasteiger partial charge in [0.05, 0.1) is 6.54 Å². The summed E-state index contributed by atoms with van der Waals surface area (Å²) in [5.74, 6) is 1.61. The van der Waals surface area contributed by atoms with E-state index in [2.05, 4.69) is 30.6 Å². The summed E-state index contributed by atoms with van der Waals surface area (Å²) in [5.41, 5.74) is 2.20. The Hall–Kier alpha value is -2.20. The van der Waals surface area contributed by atoms with Crippen LogP contribution in [0.25, 0.3) is 5.82 Å². The van der Waals surface area contributed by atoms with E-state index in [1.807, 2.05) is 35.9 Å². The molecule has 3 rings (SSSR count). The number of hydrogen-bond donors (Lipinski definition) is 2. The number of guanidine groups is 1. The van der Waals surface area contributed by atoms with Crippen LogP contribution in [0.15, 0.2) is 60.4 Å². The monoisotopic (exact) mass is 511 g/mol. The highest BCUT2D eigenvalue weighted by atomic mass is 127. The zero-order chi connectivity index (χ0) is 18.9. The molecule has 0 spiro atoms. The predicted molar refractivity (Wildman–Crippen MR) is 123 cm³/mol. The molecule has 148 valence electrons. The lowest BCUT2D eigenvalue weighted by atomic mass is 10.2. The number of nitrogens with one attached hydrogen (secondary N) is 2. The number of pyridine rings is 2. The van der Waals surface area contributed by atoms with Gasteiger partial charge < -0.3 is 10.6 Å². The average Bonchev–Trinajstić information content (AvgIpc) is 3.23. The summed E-state index contributed by atoms with van der Waals surface area (Å²) in [6.07, 6.45) is 9.75. The molecule has 0 atom stereocenters. The van der Waals surface area contributed by atoms with E-state index in [9.17, 15) is 0 Å². The Balaban J connectivity index is 0.00000280. The van der Waals surface area contributed by atoms with Crippen molar-refractivity contribution in [3.05, 3.63) is 71.7 Å². The quantitative estimate of drug-likeness (QED) is 0.220. The zero-order valence-electron chi connectivity index (χ0n) is 15.5. The van der Waals surface area contributed by atoms with Crippen molar-refractivity contribution in [2.75, 3.05) is 13.1 Å². The molecule has 2 N–H and O–H groups in total. The fourth-order valence-corrected chi connectivity index (χ4v) is 2.60. The van der Waals surface area contributed by atoms with Crippen LogP contribution in [-0.2, 0) is 13.0 Å². The number of aromatic nitrogens is 4. The second kappa shape index (κ2) is 11.6. The normalized spacial score (nSPS) is 11.0. The smallest absolute Gasteiger partial charge is 0.191 e. The molecule has 0 bridgehead atoms. The molecular formula is C19H23ClIN7. The van der Waals surface area contributed by atoms with E-state index < -0.39 is 0 Å². The van der Waals surface area contributed by atoms with Gasteiger partial charge in [0.1, 0.15) is 17.3 Å². The highest BCUT2D eigenvalue weighted by Crippen LogP contribution is 2.08. The predicted octanol–water partition coefficient (Wildman–Crippen LogP) is 3.23. The van der Waals surface area contributed by atoms with E-state index in [1.165, 1.54) is 0 Å². The molecular weight excluding hydrogens is 489 g/mol. The van der Waals surface area contributed by atoms with Crippen LogP contribution in [0.4, 0.5) is 0 Å². The minimum atomic E-state index is 0. The first-order valence-corrected chi connectivity index (χ1v) is 9.18. The molecule has 0 unspecified atom stereocenters. The summed E-state index contributed by atoms with van der Waals surface area (Å²) >= 11 is 5.82. The van der Waals surface area contributed by atoms with Gasteiger partial charge in [-0.2, -0.15) is 0 Å². The molecule has 3 aromatic heterocycles. The third-order valence-corrected chi connectivity index (χ3v) is 4.06. The zero-order valence-corrected chi connectivity index (χ0v) is 18.6. The molecule has 0 fully saturated rings. The molecule has 0 aliphatic heterocycles. The summed E-state index contributed by atoms with van der Waals surface area (Å²) in [6.45, 7) is 4.16. The Morgan fingerprint density at radius 2 is 2.04 bits per heavy atom. The number of hydrogen-bond acceptors (Lipinski definition) is 4. The highest BCUT2D eigenvalue weighted by Gasteiger charge is 2.02. The number of rotatable bonds is 7. The van der Waals surface area contributed by atoms with Crippen molar-refractivity contribution in [1.82, 2.24) is 30.2 Å². The van der Waals surface area contributed by atoms with E-state index in [-0.39, 0.29) is 24.0 Å². The second-order valence-corrected chi connectivity index (χ2v) is 6.24. The molecule has 0 saturated carbocycles. The van der Waals surface area contributed by atoms with Gasteiger partial charge in [-0.25, -0.2) is 19.9 Å². The van der Waals surface area contributed by atoms with Crippen LogP contribution in [0.5, 0.6) is 0 Å². The van der Waals surface area contributed by atoms with Gasteiger partial charge in [-0.1, -0.05) is 17.7 Å². The van der Waals surface area contributed by atoms with Crippen molar-refractivity contribution < 1.29 is 0 Å². The first-order chi connectivity index (χ1) is 13.2. The van der Waals surface area contributed by atoms with E-state index in [4.69, 9.17) is 11.6 Å². The molecule has 3 aromatic rings. The van der Waals surface area contributed by atoms with Crippen LogP contribution in [0.2, 0.25) is 5.15 Å². The van der Waals surface area contributed by atoms with Crippen molar-refractivity contribution in [2.24, 2.45) is 4.99 Å². The number of nitrogens with zero attached hydrogens (tertiary/aromatic N) is 5. The summed E-state index contributed by atoms with van der Waals surface area (Å²) in [6, 6.07) is 7.76. The molecule has 0 aromatic carbocycles. The van der Waals surface area contributed by atoms with Crippen molar-refractivity contribution >= 4 is 41.5 Å². The molecule has 3 heterocycles. The topological polar surface area (TPSA) is 80.0 Å². The van der Waals surface area contributed by atoms with E-state index in [1.54, 1.807) is 31.0 Å². The molecule has 7 nitrogen and oxygen atoms in total. The number of halogens is 2. The van der Waals surface area contributed by atoms with E-state index >= 15 is 0 Å². The van der Waals surface area contributed by atoms with Gasteiger partial charge in [0.15, 0.2) is 5.96 Å². The van der Waals surface area contributed by atoms with Crippen LogP contribution in [0.1, 0.15) is 18.1 Å². The maximum absolute atomic E-state index is 5.82. The van der Waals surface area contributed by atoms with Gasteiger partial charge in [-0.05, 0) is 42.7 Å². The van der Waals surface area contributed by atoms with Gasteiger partial charge in [0, 0.05) is 37.9 Å². The largest absolute Gasteiger partial charge is 0.357 e. The third kappa shape index (κ3) is 6.75. The first kappa shape index (κ1) is 22.1. The van der Waals surface area contributed by atoms with Crippen molar-refractivity contribution in [2.45, 2.75) is 19.9 Å². The van der Waals surface area contributed by atoms with Gasteiger partial charge in [-0.15, -0.1) is 24.0 Å². The Labute approximate surface area is 186 Å². The van der Waals surface area contributed by atoms with Crippen LogP contribution < -0.4 is 10.6 Å². The molecule has 28 heavy (non-hydrogen) atoms. The van der Waals surface area contributed by atoms with Crippen LogP contribution in [-0.4, -0.2) is 38.6 Å². The van der Waals surface area contributed by atoms with E-state index in [0.717, 1.165) is 42.4 Å². The molecule has 0 saturated heterocycles. The summed E-state index contributed by atoms with van der Waals surface area (Å²) in [7, 11) is 0.